The third-order valence-corrected chi connectivity index (χ3v) is 4.04. The van der Waals surface area contributed by atoms with Crippen molar-refractivity contribution in [2.75, 3.05) is 13.2 Å². The fraction of sp³-hybridized carbons (Fsp3) is 0.217. The lowest BCUT2D eigenvalue weighted by molar-refractivity contribution is 0.474. The highest BCUT2D eigenvalue weighted by molar-refractivity contribution is 5.39. The van der Waals surface area contributed by atoms with E-state index in [1.807, 2.05) is 24.3 Å². The second kappa shape index (κ2) is 9.64. The van der Waals surface area contributed by atoms with Crippen LogP contribution in [-0.2, 0) is 10.2 Å². The summed E-state index contributed by atoms with van der Waals surface area (Å²) in [6.07, 6.45) is 0. The molecule has 1 fully saturated rings. The van der Waals surface area contributed by atoms with E-state index in [2.05, 4.69) is 42.8 Å². The van der Waals surface area contributed by atoms with Crippen molar-refractivity contribution in [3.05, 3.63) is 96.1 Å². The first-order valence-electron chi connectivity index (χ1n) is 8.67. The van der Waals surface area contributed by atoms with Gasteiger partial charge in [-0.3, -0.25) is 0 Å². The maximum absolute atomic E-state index is 9.29. The van der Waals surface area contributed by atoms with Crippen molar-refractivity contribution in [1.29, 1.82) is 0 Å². The molecule has 0 bridgehead atoms. The molecule has 0 saturated carbocycles. The number of phenolic OH excluding ortho intramolecular Hbond substituents is 2. The minimum Gasteiger partial charge on any atom is -0.508 e. The minimum atomic E-state index is -0.0328. The van der Waals surface area contributed by atoms with Crippen LogP contribution in [0, 0.1) is 0 Å². The van der Waals surface area contributed by atoms with Gasteiger partial charge in [0, 0.05) is 5.41 Å². The number of benzene rings is 3. The van der Waals surface area contributed by atoms with Crippen molar-refractivity contribution in [3.8, 4) is 11.5 Å². The van der Waals surface area contributed by atoms with Gasteiger partial charge in [-0.25, -0.2) is 0 Å². The van der Waals surface area contributed by atoms with Crippen molar-refractivity contribution in [2.45, 2.75) is 19.3 Å². The maximum atomic E-state index is 9.29. The Kier molecular flexibility index (Phi) is 7.24. The molecule has 3 aromatic rings. The third kappa shape index (κ3) is 6.61. The third-order valence-electron chi connectivity index (χ3n) is 4.04. The number of rotatable bonds is 2. The first-order chi connectivity index (χ1) is 12.5. The molecule has 4 rings (SSSR count). The van der Waals surface area contributed by atoms with Crippen LogP contribution in [0.4, 0.5) is 0 Å². The van der Waals surface area contributed by atoms with Gasteiger partial charge in [0.2, 0.25) is 0 Å². The lowest BCUT2D eigenvalue weighted by Gasteiger charge is -2.26. The summed E-state index contributed by atoms with van der Waals surface area (Å²) in [4.78, 5) is 0. The van der Waals surface area contributed by atoms with Crippen LogP contribution in [0.25, 0.3) is 0 Å². The normalized spacial score (nSPS) is 12.1. The van der Waals surface area contributed by atoms with Crippen molar-refractivity contribution < 1.29 is 14.9 Å². The van der Waals surface area contributed by atoms with Gasteiger partial charge in [-0.15, -0.1) is 0 Å². The molecule has 3 nitrogen and oxygen atoms in total. The zero-order chi connectivity index (χ0) is 18.8. The fourth-order valence-corrected chi connectivity index (χ4v) is 2.33. The van der Waals surface area contributed by atoms with Crippen LogP contribution in [0.15, 0.2) is 84.9 Å². The Balaban J connectivity index is 0.000000198. The molecule has 0 unspecified atom stereocenters. The summed E-state index contributed by atoms with van der Waals surface area (Å²) >= 11 is 0. The molecule has 136 valence electrons. The standard InChI is InChI=1S/C15H16O.C6H6O.C2H4O/c1-15(2,12-6-4-3-5-7-12)13-8-10-14(16)11-9-13;7-6-4-2-1-3-5-6;1-2-3-1/h3-11,16H,1-2H3;1-5,7H;1-2H2. The van der Waals surface area contributed by atoms with E-state index < -0.39 is 0 Å². The molecule has 0 radical (unpaired) electrons. The number of aromatic hydroxyl groups is 2. The van der Waals surface area contributed by atoms with E-state index in [4.69, 9.17) is 5.11 Å². The number of para-hydroxylation sites is 1. The number of ether oxygens (including phenoxy) is 1. The maximum Gasteiger partial charge on any atom is 0.115 e. The Morgan fingerprint density at radius 2 is 1.00 bits per heavy atom. The average molecular weight is 350 g/mol. The van der Waals surface area contributed by atoms with Crippen LogP contribution in [0.3, 0.4) is 0 Å². The summed E-state index contributed by atoms with van der Waals surface area (Å²) in [5, 5.41) is 17.9. The zero-order valence-corrected chi connectivity index (χ0v) is 15.3. The van der Waals surface area contributed by atoms with E-state index >= 15 is 0 Å². The highest BCUT2D eigenvalue weighted by Crippen LogP contribution is 2.31. The van der Waals surface area contributed by atoms with E-state index in [-0.39, 0.29) is 5.41 Å². The molecule has 0 atom stereocenters. The van der Waals surface area contributed by atoms with Gasteiger partial charge in [0.1, 0.15) is 11.5 Å². The van der Waals surface area contributed by atoms with Gasteiger partial charge < -0.3 is 14.9 Å². The van der Waals surface area contributed by atoms with Gasteiger partial charge in [-0.1, -0.05) is 74.5 Å². The number of epoxide rings is 1. The van der Waals surface area contributed by atoms with Crippen molar-refractivity contribution >= 4 is 0 Å². The van der Waals surface area contributed by atoms with Crippen molar-refractivity contribution in [3.63, 3.8) is 0 Å². The Hall–Kier alpha value is -2.78. The molecule has 0 aliphatic carbocycles. The quantitative estimate of drug-likeness (QED) is 0.630. The van der Waals surface area contributed by atoms with Gasteiger partial charge in [0.15, 0.2) is 0 Å². The fourth-order valence-electron chi connectivity index (χ4n) is 2.33. The predicted octanol–water partition coefficient (Wildman–Crippen LogP) is 5.13. The summed E-state index contributed by atoms with van der Waals surface area (Å²) in [6.45, 7) is 6.38. The lowest BCUT2D eigenvalue weighted by Crippen LogP contribution is -2.18. The second-order valence-corrected chi connectivity index (χ2v) is 6.49. The second-order valence-electron chi connectivity index (χ2n) is 6.49. The highest BCUT2D eigenvalue weighted by atomic mass is 16.6. The Morgan fingerprint density at radius 1 is 0.615 bits per heavy atom. The van der Waals surface area contributed by atoms with Crippen LogP contribution in [0.2, 0.25) is 0 Å². The SMILES string of the molecule is C1CO1.CC(C)(c1ccccc1)c1ccc(O)cc1.Oc1ccccc1. The summed E-state index contributed by atoms with van der Waals surface area (Å²) in [5.41, 5.74) is 2.45. The summed E-state index contributed by atoms with van der Waals surface area (Å²) in [5.74, 6) is 0.634. The van der Waals surface area contributed by atoms with Crippen LogP contribution in [0.1, 0.15) is 25.0 Å². The first kappa shape index (κ1) is 19.5. The first-order valence-corrected chi connectivity index (χ1v) is 8.67. The Morgan fingerprint density at radius 3 is 1.38 bits per heavy atom. The Bertz CT molecular complexity index is 746. The topological polar surface area (TPSA) is 53.0 Å². The van der Waals surface area contributed by atoms with Crippen LogP contribution < -0.4 is 0 Å². The molecule has 3 heteroatoms. The summed E-state index contributed by atoms with van der Waals surface area (Å²) < 4.78 is 4.50. The van der Waals surface area contributed by atoms with Gasteiger partial charge in [-0.05, 0) is 35.4 Å². The number of phenols is 2. The minimum absolute atomic E-state index is 0.0328. The molecule has 1 saturated heterocycles. The van der Waals surface area contributed by atoms with E-state index in [1.165, 1.54) is 11.1 Å². The molecule has 2 N–H and O–H groups in total. The number of hydrogen-bond donors (Lipinski definition) is 2. The van der Waals surface area contributed by atoms with Gasteiger partial charge in [0.05, 0.1) is 13.2 Å². The molecule has 1 aliphatic heterocycles. The number of hydrogen-bond acceptors (Lipinski definition) is 3. The lowest BCUT2D eigenvalue weighted by atomic mass is 9.78. The molecule has 0 amide bonds. The largest absolute Gasteiger partial charge is 0.508 e. The summed E-state index contributed by atoms with van der Waals surface area (Å²) in [7, 11) is 0. The van der Waals surface area contributed by atoms with Crippen LogP contribution in [0.5, 0.6) is 11.5 Å². The van der Waals surface area contributed by atoms with E-state index in [9.17, 15) is 5.11 Å². The van der Waals surface area contributed by atoms with Gasteiger partial charge in [-0.2, -0.15) is 0 Å². The van der Waals surface area contributed by atoms with E-state index in [0.717, 1.165) is 13.2 Å². The monoisotopic (exact) mass is 350 g/mol. The molecule has 0 spiro atoms. The molecular formula is C23H26O3. The van der Waals surface area contributed by atoms with Crippen molar-refractivity contribution in [1.82, 2.24) is 0 Å². The van der Waals surface area contributed by atoms with E-state index in [0.29, 0.717) is 11.5 Å². The molecular weight excluding hydrogens is 324 g/mol. The van der Waals surface area contributed by atoms with Crippen LogP contribution >= 0.6 is 0 Å². The predicted molar refractivity (Wildman–Crippen MR) is 106 cm³/mol. The molecule has 0 aromatic heterocycles. The molecule has 1 aliphatic rings. The Labute approximate surface area is 155 Å². The highest BCUT2D eigenvalue weighted by Gasteiger charge is 2.22. The zero-order valence-electron chi connectivity index (χ0n) is 15.3. The van der Waals surface area contributed by atoms with E-state index in [1.54, 1.807) is 36.4 Å². The molecule has 1 heterocycles. The van der Waals surface area contributed by atoms with Crippen LogP contribution in [-0.4, -0.2) is 23.4 Å². The van der Waals surface area contributed by atoms with Gasteiger partial charge in [0.25, 0.3) is 0 Å². The molecule has 26 heavy (non-hydrogen) atoms. The summed E-state index contributed by atoms with van der Waals surface area (Å²) in [6, 6.07) is 26.5. The smallest absolute Gasteiger partial charge is 0.115 e. The average Bonchev–Trinajstić information content (AvgIpc) is 3.53. The molecule has 3 aromatic carbocycles. The van der Waals surface area contributed by atoms with Crippen molar-refractivity contribution in [2.24, 2.45) is 0 Å². The van der Waals surface area contributed by atoms with Gasteiger partial charge >= 0.3 is 0 Å².